The number of hydrogen-bond donors (Lipinski definition) is 0. The third-order valence-electron chi connectivity index (χ3n) is 2.98. The van der Waals surface area contributed by atoms with Gasteiger partial charge in [-0.2, -0.15) is 0 Å². The Bertz CT molecular complexity index is 450. The van der Waals surface area contributed by atoms with Crippen molar-refractivity contribution in [3.63, 3.8) is 0 Å². The van der Waals surface area contributed by atoms with Crippen LogP contribution in [0.1, 0.15) is 44.0 Å². The number of carbonyl (C=O) groups is 1. The van der Waals surface area contributed by atoms with Crippen LogP contribution in [0.4, 0.5) is 0 Å². The van der Waals surface area contributed by atoms with Gasteiger partial charge in [0.2, 0.25) is 0 Å². The van der Waals surface area contributed by atoms with Crippen molar-refractivity contribution in [2.45, 2.75) is 33.6 Å². The fourth-order valence-electron chi connectivity index (χ4n) is 1.72. The van der Waals surface area contributed by atoms with Crippen LogP contribution in [0.25, 0.3) is 0 Å². The Labute approximate surface area is 124 Å². The number of carbonyl (C=O) groups excluding carboxylic acids is 1. The van der Waals surface area contributed by atoms with E-state index in [0.29, 0.717) is 19.6 Å². The Balaban J connectivity index is 2.64. The molecule has 0 bridgehead atoms. The second kappa shape index (κ2) is 7.75. The number of rotatable bonds is 7. The molecule has 0 aromatic heterocycles. The van der Waals surface area contributed by atoms with Crippen LogP contribution in [-0.4, -0.2) is 26.1 Å². The minimum atomic E-state index is 0.183. The monoisotopic (exact) mass is 296 g/mol. The number of Topliss-reactive ketones (excluding diaryl/α,β-unsaturated/α-hetero) is 1. The third-order valence-corrected chi connectivity index (χ3v) is 3.43. The van der Waals surface area contributed by atoms with Gasteiger partial charge in [0.25, 0.3) is 0 Å². The number of methoxy groups -OCH3 is 1. The molecule has 1 aromatic carbocycles. The Morgan fingerprint density at radius 3 is 2.50 bits per heavy atom. The average Bonchev–Trinajstić information content (AvgIpc) is 2.37. The maximum absolute atomic E-state index is 12.1. The molecule has 0 aliphatic heterocycles. The van der Waals surface area contributed by atoms with E-state index in [1.54, 1.807) is 7.11 Å². The van der Waals surface area contributed by atoms with Gasteiger partial charge < -0.3 is 9.47 Å². The second-order valence-electron chi connectivity index (χ2n) is 6.08. The zero-order valence-corrected chi connectivity index (χ0v) is 14.0. The van der Waals surface area contributed by atoms with E-state index in [2.05, 4.69) is 30.0 Å². The van der Waals surface area contributed by atoms with Crippen molar-refractivity contribution in [3.05, 3.63) is 23.8 Å². The van der Waals surface area contributed by atoms with Crippen molar-refractivity contribution >= 4 is 20.3 Å². The first-order chi connectivity index (χ1) is 9.33. The summed E-state index contributed by atoms with van der Waals surface area (Å²) in [4.78, 5) is 12.1. The van der Waals surface area contributed by atoms with Crippen molar-refractivity contribution < 1.29 is 14.3 Å². The molecule has 4 heteroatoms. The molecule has 20 heavy (non-hydrogen) atoms. The molecular formula is C16H25O3P. The molecule has 0 aliphatic rings. The van der Waals surface area contributed by atoms with Gasteiger partial charge in [-0.3, -0.25) is 4.79 Å². The molecular weight excluding hydrogens is 271 g/mol. The molecule has 0 fully saturated rings. The SMILES string of the molecule is COCCOc1ccc(C(=O)CCC(C)(C)C)cc1P. The standard InChI is InChI=1S/C16H25O3P/c1-16(2,3)8-7-13(17)12-5-6-14(15(20)11-12)19-10-9-18-4/h5-6,11H,7-10,20H2,1-4H3. The van der Waals surface area contributed by atoms with Crippen LogP contribution in [0.3, 0.4) is 0 Å². The Morgan fingerprint density at radius 1 is 1.25 bits per heavy atom. The lowest BCUT2D eigenvalue weighted by atomic mass is 9.88. The highest BCUT2D eigenvalue weighted by atomic mass is 31.0. The first-order valence-electron chi connectivity index (χ1n) is 6.88. The highest BCUT2D eigenvalue weighted by Crippen LogP contribution is 2.22. The smallest absolute Gasteiger partial charge is 0.162 e. The van der Waals surface area contributed by atoms with Crippen molar-refractivity contribution in [3.8, 4) is 5.75 Å². The zero-order valence-electron chi connectivity index (χ0n) is 12.9. The fraction of sp³-hybridized carbons (Fsp3) is 0.562. The molecule has 1 rings (SSSR count). The number of benzene rings is 1. The molecule has 0 heterocycles. The van der Waals surface area contributed by atoms with E-state index in [-0.39, 0.29) is 11.2 Å². The molecule has 1 unspecified atom stereocenters. The molecule has 1 aromatic rings. The van der Waals surface area contributed by atoms with E-state index < -0.39 is 0 Å². The molecule has 3 nitrogen and oxygen atoms in total. The summed E-state index contributed by atoms with van der Waals surface area (Å²) in [6.45, 7) is 7.50. The summed E-state index contributed by atoms with van der Waals surface area (Å²) in [5.41, 5.74) is 0.932. The fourth-order valence-corrected chi connectivity index (χ4v) is 2.08. The van der Waals surface area contributed by atoms with Gasteiger partial charge >= 0.3 is 0 Å². The molecule has 0 amide bonds. The summed E-state index contributed by atoms with van der Waals surface area (Å²) in [6.07, 6.45) is 1.47. The van der Waals surface area contributed by atoms with Gasteiger partial charge in [-0.25, -0.2) is 0 Å². The van der Waals surface area contributed by atoms with E-state index in [9.17, 15) is 4.79 Å². The quantitative estimate of drug-likeness (QED) is 0.440. The lowest BCUT2D eigenvalue weighted by molar-refractivity contribution is 0.0966. The predicted molar refractivity (Wildman–Crippen MR) is 86.2 cm³/mol. The van der Waals surface area contributed by atoms with Gasteiger partial charge in [-0.05, 0) is 30.0 Å². The molecule has 0 aliphatic carbocycles. The van der Waals surface area contributed by atoms with E-state index in [1.165, 1.54) is 0 Å². The lowest BCUT2D eigenvalue weighted by Gasteiger charge is -2.17. The minimum absolute atomic E-state index is 0.183. The Morgan fingerprint density at radius 2 is 1.95 bits per heavy atom. The summed E-state index contributed by atoms with van der Waals surface area (Å²) in [5, 5.41) is 0.905. The van der Waals surface area contributed by atoms with Crippen LogP contribution >= 0.6 is 9.24 Å². The highest BCUT2D eigenvalue weighted by molar-refractivity contribution is 7.27. The van der Waals surface area contributed by atoms with Crippen LogP contribution in [0.2, 0.25) is 0 Å². The first-order valence-corrected chi connectivity index (χ1v) is 7.46. The van der Waals surface area contributed by atoms with Crippen molar-refractivity contribution in [1.82, 2.24) is 0 Å². The summed E-state index contributed by atoms with van der Waals surface area (Å²) in [5.74, 6) is 0.964. The first kappa shape index (κ1) is 17.1. The predicted octanol–water partition coefficient (Wildman–Crippen LogP) is 3.22. The van der Waals surface area contributed by atoms with Crippen LogP contribution < -0.4 is 10.0 Å². The van der Waals surface area contributed by atoms with E-state index in [4.69, 9.17) is 9.47 Å². The number of ketones is 1. The van der Waals surface area contributed by atoms with Gasteiger partial charge in [0, 0.05) is 24.4 Å². The second-order valence-corrected chi connectivity index (χ2v) is 6.70. The van der Waals surface area contributed by atoms with E-state index in [1.807, 2.05) is 18.2 Å². The number of hydrogen-bond acceptors (Lipinski definition) is 3. The summed E-state index contributed by atoms with van der Waals surface area (Å²) < 4.78 is 10.5. The largest absolute Gasteiger partial charge is 0.491 e. The summed E-state index contributed by atoms with van der Waals surface area (Å²) in [7, 11) is 4.26. The minimum Gasteiger partial charge on any atom is -0.491 e. The lowest BCUT2D eigenvalue weighted by Crippen LogP contribution is -2.12. The third kappa shape index (κ3) is 6.02. The average molecular weight is 296 g/mol. The summed E-state index contributed by atoms with van der Waals surface area (Å²) >= 11 is 0. The molecule has 0 saturated carbocycles. The molecule has 0 N–H and O–H groups in total. The van der Waals surface area contributed by atoms with E-state index in [0.717, 1.165) is 23.0 Å². The van der Waals surface area contributed by atoms with Gasteiger partial charge in [0.05, 0.1) is 6.61 Å². The molecule has 0 radical (unpaired) electrons. The number of ether oxygens (including phenoxy) is 2. The summed E-state index contributed by atoms with van der Waals surface area (Å²) in [6, 6.07) is 5.56. The van der Waals surface area contributed by atoms with Gasteiger partial charge in [0.1, 0.15) is 12.4 Å². The van der Waals surface area contributed by atoms with Crippen molar-refractivity contribution in [2.75, 3.05) is 20.3 Å². The van der Waals surface area contributed by atoms with Crippen LogP contribution in [0, 0.1) is 5.41 Å². The van der Waals surface area contributed by atoms with Gasteiger partial charge in [-0.1, -0.05) is 20.8 Å². The van der Waals surface area contributed by atoms with Crippen molar-refractivity contribution in [1.29, 1.82) is 0 Å². The maximum Gasteiger partial charge on any atom is 0.162 e. The molecule has 112 valence electrons. The van der Waals surface area contributed by atoms with Crippen LogP contribution in [0.5, 0.6) is 5.75 Å². The Kier molecular flexibility index (Phi) is 6.64. The Hall–Kier alpha value is -0.920. The zero-order chi connectivity index (χ0) is 15.2. The highest BCUT2D eigenvalue weighted by Gasteiger charge is 2.14. The topological polar surface area (TPSA) is 35.5 Å². The van der Waals surface area contributed by atoms with Crippen LogP contribution in [-0.2, 0) is 4.74 Å². The van der Waals surface area contributed by atoms with Gasteiger partial charge in [0.15, 0.2) is 5.78 Å². The van der Waals surface area contributed by atoms with Gasteiger partial charge in [-0.15, -0.1) is 9.24 Å². The van der Waals surface area contributed by atoms with Crippen molar-refractivity contribution in [2.24, 2.45) is 5.41 Å². The molecule has 0 saturated heterocycles. The molecule has 0 spiro atoms. The van der Waals surface area contributed by atoms with Crippen LogP contribution in [0.15, 0.2) is 18.2 Å². The maximum atomic E-state index is 12.1. The van der Waals surface area contributed by atoms with E-state index >= 15 is 0 Å². The molecule has 1 atom stereocenters. The normalized spacial score (nSPS) is 11.4.